The zero-order valence-corrected chi connectivity index (χ0v) is 12.6. The first-order valence-electron chi connectivity index (χ1n) is 6.06. The fourth-order valence-corrected chi connectivity index (χ4v) is 2.70. The second kappa shape index (κ2) is 5.67. The normalized spacial score (nSPS) is 11.8. The Morgan fingerprint density at radius 2 is 2.24 bits per heavy atom. The molecule has 0 unspecified atom stereocenters. The van der Waals surface area contributed by atoms with Crippen LogP contribution in [0.4, 0.5) is 0 Å². The number of nitrogens with zero attached hydrogens (tertiary/aromatic N) is 3. The Morgan fingerprint density at radius 3 is 2.95 bits per heavy atom. The largest absolute Gasteiger partial charge is 0.355 e. The van der Waals surface area contributed by atoms with E-state index in [1.807, 2.05) is 30.8 Å². The summed E-state index contributed by atoms with van der Waals surface area (Å²) in [5.41, 5.74) is 0.839. The highest BCUT2D eigenvalue weighted by molar-refractivity contribution is 7.07. The van der Waals surface area contributed by atoms with Crippen LogP contribution in [-0.2, 0) is 7.05 Å². The van der Waals surface area contributed by atoms with Gasteiger partial charge in [0.1, 0.15) is 0 Å². The average Bonchev–Trinajstić information content (AvgIpc) is 3.09. The number of halogens is 1. The van der Waals surface area contributed by atoms with Crippen molar-refractivity contribution in [3.63, 3.8) is 0 Å². The highest BCUT2D eigenvalue weighted by atomic mass is 35.5. The van der Waals surface area contributed by atoms with Crippen molar-refractivity contribution in [2.24, 2.45) is 12.0 Å². The molecule has 1 amide bonds. The second-order valence-corrected chi connectivity index (χ2v) is 5.55. The van der Waals surface area contributed by atoms with Crippen LogP contribution in [0.25, 0.3) is 11.3 Å². The lowest BCUT2D eigenvalue weighted by Crippen LogP contribution is -2.12. The predicted octanol–water partition coefficient (Wildman–Crippen LogP) is 3.14. The van der Waals surface area contributed by atoms with Crippen molar-refractivity contribution < 1.29 is 9.32 Å². The van der Waals surface area contributed by atoms with Gasteiger partial charge in [-0.15, -0.1) is 11.3 Å². The van der Waals surface area contributed by atoms with Crippen molar-refractivity contribution in [2.45, 2.75) is 0 Å². The first-order chi connectivity index (χ1) is 10.1. The molecule has 21 heavy (non-hydrogen) atoms. The van der Waals surface area contributed by atoms with E-state index < -0.39 is 5.91 Å². The minimum Gasteiger partial charge on any atom is -0.355 e. The van der Waals surface area contributed by atoms with Crippen molar-refractivity contribution >= 4 is 28.8 Å². The first-order valence-corrected chi connectivity index (χ1v) is 7.32. The third kappa shape index (κ3) is 2.81. The van der Waals surface area contributed by atoms with E-state index in [0.29, 0.717) is 21.1 Å². The van der Waals surface area contributed by atoms with Crippen LogP contribution in [0.15, 0.2) is 51.4 Å². The van der Waals surface area contributed by atoms with Crippen LogP contribution in [0.5, 0.6) is 0 Å². The summed E-state index contributed by atoms with van der Waals surface area (Å²) in [5.74, 6) is -0.00944. The van der Waals surface area contributed by atoms with Crippen LogP contribution in [0.3, 0.4) is 0 Å². The zero-order valence-electron chi connectivity index (χ0n) is 11.0. The Morgan fingerprint density at radius 1 is 1.43 bits per heavy atom. The van der Waals surface area contributed by atoms with Crippen LogP contribution in [0.1, 0.15) is 10.5 Å². The molecule has 5 nitrogen and oxygen atoms in total. The highest BCUT2D eigenvalue weighted by Crippen LogP contribution is 2.27. The molecule has 2 aromatic heterocycles. The molecular formula is C14H10ClN3O2S. The minimum absolute atomic E-state index is 0.151. The van der Waals surface area contributed by atoms with Crippen LogP contribution in [-0.4, -0.2) is 15.6 Å². The Bertz CT molecular complexity index is 863. The number of amides is 1. The summed E-state index contributed by atoms with van der Waals surface area (Å²) in [6.45, 7) is 0. The summed E-state index contributed by atoms with van der Waals surface area (Å²) in [4.78, 5) is 16.7. The first kappa shape index (κ1) is 13.8. The lowest BCUT2D eigenvalue weighted by atomic mass is 10.1. The smallest absolute Gasteiger partial charge is 0.301 e. The number of aryl methyl sites for hydroxylation is 1. The molecule has 0 saturated heterocycles. The summed E-state index contributed by atoms with van der Waals surface area (Å²) in [5, 5.41) is 6.15. The van der Waals surface area contributed by atoms with E-state index in [1.165, 1.54) is 11.3 Å². The molecule has 2 heterocycles. The quantitative estimate of drug-likeness (QED) is 0.729. The number of carbonyl (C=O) groups excluding carboxylic acids is 1. The summed E-state index contributed by atoms with van der Waals surface area (Å²) >= 11 is 7.46. The van der Waals surface area contributed by atoms with Gasteiger partial charge in [0.25, 0.3) is 0 Å². The van der Waals surface area contributed by atoms with Gasteiger partial charge in [0.05, 0.1) is 5.02 Å². The number of aromatic nitrogens is 2. The number of benzene rings is 1. The van der Waals surface area contributed by atoms with Gasteiger partial charge in [0.2, 0.25) is 0 Å². The maximum Gasteiger partial charge on any atom is 0.301 e. The van der Waals surface area contributed by atoms with Gasteiger partial charge < -0.3 is 9.09 Å². The Balaban J connectivity index is 1.94. The van der Waals surface area contributed by atoms with E-state index >= 15 is 0 Å². The molecule has 0 saturated carbocycles. The van der Waals surface area contributed by atoms with Gasteiger partial charge in [0.15, 0.2) is 16.3 Å². The second-order valence-electron chi connectivity index (χ2n) is 4.27. The van der Waals surface area contributed by atoms with E-state index in [4.69, 9.17) is 16.1 Å². The molecule has 0 N–H and O–H groups in total. The molecule has 0 atom stereocenters. The lowest BCUT2D eigenvalue weighted by molar-refractivity contribution is 0.0989. The van der Waals surface area contributed by atoms with E-state index in [2.05, 4.69) is 10.1 Å². The van der Waals surface area contributed by atoms with Gasteiger partial charge in [-0.2, -0.15) is 4.99 Å². The number of carbonyl (C=O) groups is 1. The maximum absolute atomic E-state index is 12.1. The topological polar surface area (TPSA) is 60.4 Å². The lowest BCUT2D eigenvalue weighted by Gasteiger charge is -1.96. The monoisotopic (exact) mass is 319 g/mol. The number of hydrogen-bond acceptors (Lipinski definition) is 4. The van der Waals surface area contributed by atoms with Crippen LogP contribution >= 0.6 is 22.9 Å². The van der Waals surface area contributed by atoms with Crippen molar-refractivity contribution in [3.8, 4) is 11.3 Å². The molecule has 0 fully saturated rings. The van der Waals surface area contributed by atoms with E-state index in [-0.39, 0.29) is 5.69 Å². The van der Waals surface area contributed by atoms with Gasteiger partial charge in [-0.25, -0.2) is 0 Å². The maximum atomic E-state index is 12.1. The fourth-order valence-electron chi connectivity index (χ4n) is 1.74. The van der Waals surface area contributed by atoms with E-state index in [0.717, 1.165) is 0 Å². The molecule has 0 radical (unpaired) electrons. The molecule has 0 bridgehead atoms. The standard InChI is InChI=1S/C14H10ClN3O2S/c1-18-6-7-21-14(18)16-13(19)11-8-12(20-17-11)9-4-2-3-5-10(9)15/h2-8H,1H3. The van der Waals surface area contributed by atoms with Gasteiger partial charge in [-0.1, -0.05) is 28.9 Å². The molecule has 7 heteroatoms. The Labute approximate surface area is 129 Å². The number of rotatable bonds is 2. The zero-order chi connectivity index (χ0) is 14.8. The average molecular weight is 320 g/mol. The van der Waals surface area contributed by atoms with Crippen molar-refractivity contribution in [2.75, 3.05) is 0 Å². The molecule has 1 aromatic carbocycles. The van der Waals surface area contributed by atoms with Crippen LogP contribution in [0.2, 0.25) is 5.02 Å². The van der Waals surface area contributed by atoms with Crippen molar-refractivity contribution in [1.82, 2.24) is 9.72 Å². The molecule has 0 aliphatic carbocycles. The Hall–Kier alpha value is -2.18. The number of thiazole rings is 1. The summed E-state index contributed by atoms with van der Waals surface area (Å²) in [7, 11) is 1.82. The van der Waals surface area contributed by atoms with E-state index in [9.17, 15) is 4.79 Å². The van der Waals surface area contributed by atoms with Gasteiger partial charge in [0, 0.05) is 30.3 Å². The van der Waals surface area contributed by atoms with E-state index in [1.54, 1.807) is 22.8 Å². The molecule has 3 aromatic rings. The summed E-state index contributed by atoms with van der Waals surface area (Å²) in [6.07, 6.45) is 1.83. The van der Waals surface area contributed by atoms with Gasteiger partial charge in [-0.05, 0) is 12.1 Å². The molecule has 3 rings (SSSR count). The minimum atomic E-state index is -0.449. The Kier molecular flexibility index (Phi) is 3.72. The number of hydrogen-bond donors (Lipinski definition) is 0. The third-order valence-electron chi connectivity index (χ3n) is 2.83. The molecule has 0 spiro atoms. The summed E-state index contributed by atoms with van der Waals surface area (Å²) < 4.78 is 6.94. The van der Waals surface area contributed by atoms with Crippen LogP contribution < -0.4 is 4.80 Å². The fraction of sp³-hybridized carbons (Fsp3) is 0.0714. The molecule has 106 valence electrons. The van der Waals surface area contributed by atoms with Crippen molar-refractivity contribution in [1.29, 1.82) is 0 Å². The third-order valence-corrected chi connectivity index (χ3v) is 4.00. The molecular weight excluding hydrogens is 310 g/mol. The van der Waals surface area contributed by atoms with Gasteiger partial charge >= 0.3 is 5.91 Å². The molecule has 0 aliphatic rings. The predicted molar refractivity (Wildman–Crippen MR) is 80.1 cm³/mol. The molecule has 0 aliphatic heterocycles. The highest BCUT2D eigenvalue weighted by Gasteiger charge is 2.14. The van der Waals surface area contributed by atoms with Gasteiger partial charge in [-0.3, -0.25) is 4.79 Å². The van der Waals surface area contributed by atoms with Crippen molar-refractivity contribution in [3.05, 3.63) is 57.4 Å². The van der Waals surface area contributed by atoms with Crippen LogP contribution in [0, 0.1) is 0 Å². The summed E-state index contributed by atoms with van der Waals surface area (Å²) in [6, 6.07) is 8.74. The SMILES string of the molecule is Cn1ccsc1=NC(=O)c1cc(-c2ccccc2Cl)on1.